The maximum absolute atomic E-state index is 11.4. The van der Waals surface area contributed by atoms with Crippen molar-refractivity contribution >= 4 is 25.0 Å². The number of carboxylic acid groups (broad SMARTS) is 2. The van der Waals surface area contributed by atoms with Crippen LogP contribution in [0.4, 0.5) is 0 Å². The van der Waals surface area contributed by atoms with E-state index in [1.807, 2.05) is 24.3 Å². The number of rotatable bonds is 5. The van der Waals surface area contributed by atoms with Gasteiger partial charge in [0.1, 0.15) is 0 Å². The van der Waals surface area contributed by atoms with Crippen molar-refractivity contribution in [1.29, 1.82) is 0 Å². The normalized spacial score (nSPS) is 16.9. The van der Waals surface area contributed by atoms with E-state index in [0.717, 1.165) is 11.1 Å². The quantitative estimate of drug-likeness (QED) is 0.715. The van der Waals surface area contributed by atoms with Crippen LogP contribution >= 0.6 is 7.72 Å². The summed E-state index contributed by atoms with van der Waals surface area (Å²) in [6.07, 6.45) is -0.780. The molecule has 0 saturated heterocycles. The van der Waals surface area contributed by atoms with Crippen LogP contribution in [-0.2, 0) is 9.59 Å². The molecule has 2 aromatic carbocycles. The molecule has 1 atom stereocenters. The van der Waals surface area contributed by atoms with Gasteiger partial charge in [-0.2, -0.15) is 0 Å². The van der Waals surface area contributed by atoms with Crippen LogP contribution in [0.2, 0.25) is 0 Å². The second kappa shape index (κ2) is 6.23. The molecule has 1 heterocycles. The van der Waals surface area contributed by atoms with E-state index in [1.165, 1.54) is 0 Å². The Morgan fingerprint density at radius 2 is 1.62 bits per heavy atom. The second-order valence-electron chi connectivity index (χ2n) is 5.77. The minimum atomic E-state index is -3.65. The van der Waals surface area contributed by atoms with Gasteiger partial charge in [-0.25, -0.2) is 0 Å². The molecule has 0 bridgehead atoms. The van der Waals surface area contributed by atoms with Crippen molar-refractivity contribution < 1.29 is 29.2 Å². The van der Waals surface area contributed by atoms with E-state index in [0.29, 0.717) is 11.1 Å². The Morgan fingerprint density at radius 3 is 2.29 bits per heavy atom. The number of hydrogen-bond donors (Lipinski definition) is 3. The zero-order chi connectivity index (χ0) is 17.3. The van der Waals surface area contributed by atoms with E-state index in [-0.39, 0.29) is 6.16 Å². The molecule has 0 spiro atoms. The van der Waals surface area contributed by atoms with Gasteiger partial charge in [0.05, 0.1) is 0 Å². The predicted molar refractivity (Wildman–Crippen MR) is 90.9 cm³/mol. The molecule has 3 N–H and O–H groups in total. The fourth-order valence-electron chi connectivity index (χ4n) is 3.02. The molecule has 2 aromatic rings. The Bertz CT molecular complexity index is 805. The molecular formula is C17H17O6P. The van der Waals surface area contributed by atoms with E-state index < -0.39 is 32.0 Å². The average Bonchev–Trinajstić information content (AvgIpc) is 2.54. The molecule has 0 aliphatic carbocycles. The molecule has 1 aliphatic heterocycles. The van der Waals surface area contributed by atoms with Crippen molar-refractivity contribution in [3.05, 3.63) is 48.5 Å². The molecular weight excluding hydrogens is 331 g/mol. The van der Waals surface area contributed by atoms with Crippen LogP contribution in [0.15, 0.2) is 48.5 Å². The van der Waals surface area contributed by atoms with Crippen LogP contribution in [0.1, 0.15) is 6.42 Å². The summed E-state index contributed by atoms with van der Waals surface area (Å²) in [5, 5.41) is 18.8. The summed E-state index contributed by atoms with van der Waals surface area (Å²) in [7, 11) is -3.65. The molecule has 0 aromatic heterocycles. The number of para-hydroxylation sites is 1. The Hall–Kier alpha value is -2.43. The third-order valence-corrected chi connectivity index (χ3v) is 6.98. The van der Waals surface area contributed by atoms with Crippen molar-refractivity contribution in [3.63, 3.8) is 0 Å². The summed E-state index contributed by atoms with van der Waals surface area (Å²) >= 11 is 0. The van der Waals surface area contributed by atoms with Crippen molar-refractivity contribution in [2.45, 2.75) is 6.42 Å². The molecule has 0 radical (unpaired) electrons. The van der Waals surface area contributed by atoms with Crippen molar-refractivity contribution in [1.82, 2.24) is 0 Å². The van der Waals surface area contributed by atoms with Crippen molar-refractivity contribution in [3.8, 4) is 16.9 Å². The van der Waals surface area contributed by atoms with Crippen LogP contribution in [0, 0.1) is 5.92 Å². The number of carbonyl (C=O) groups is 2. The molecule has 1 unspecified atom stereocenters. The third-order valence-electron chi connectivity index (χ3n) is 4.10. The molecule has 126 valence electrons. The molecule has 24 heavy (non-hydrogen) atoms. The molecule has 0 fully saturated rings. The zero-order valence-electron chi connectivity index (χ0n) is 12.7. The SMILES string of the molecule is O=C(O)CC(C[PH]1(O)Oc2ccccc2-c2ccccc21)C(=O)O. The number of fused-ring (bicyclic) bond motifs is 3. The van der Waals surface area contributed by atoms with E-state index >= 15 is 0 Å². The number of carboxylic acids is 2. The van der Waals surface area contributed by atoms with Gasteiger partial charge in [-0.3, -0.25) is 0 Å². The van der Waals surface area contributed by atoms with Crippen LogP contribution in [0.5, 0.6) is 5.75 Å². The fourth-order valence-corrected chi connectivity index (χ4v) is 5.95. The summed E-state index contributed by atoms with van der Waals surface area (Å²) in [4.78, 5) is 33.5. The molecule has 1 aliphatic rings. The van der Waals surface area contributed by atoms with E-state index in [4.69, 9.17) is 9.63 Å². The average molecular weight is 348 g/mol. The van der Waals surface area contributed by atoms with Gasteiger partial charge < -0.3 is 0 Å². The molecule has 0 amide bonds. The van der Waals surface area contributed by atoms with Gasteiger partial charge in [-0.05, 0) is 0 Å². The van der Waals surface area contributed by atoms with Crippen LogP contribution in [-0.4, -0.2) is 33.2 Å². The minimum absolute atomic E-state index is 0.222. The fraction of sp³-hybridized carbons (Fsp3) is 0.176. The topological polar surface area (TPSA) is 104 Å². The Morgan fingerprint density at radius 1 is 1.00 bits per heavy atom. The van der Waals surface area contributed by atoms with E-state index in [9.17, 15) is 19.6 Å². The predicted octanol–water partition coefficient (Wildman–Crippen LogP) is 2.12. The van der Waals surface area contributed by atoms with E-state index in [2.05, 4.69) is 0 Å². The summed E-state index contributed by atoms with van der Waals surface area (Å²) in [6, 6.07) is 14.4. The van der Waals surface area contributed by atoms with Gasteiger partial charge in [0.25, 0.3) is 0 Å². The first-order chi connectivity index (χ1) is 11.4. The summed E-state index contributed by atoms with van der Waals surface area (Å²) < 4.78 is 5.85. The van der Waals surface area contributed by atoms with Gasteiger partial charge in [0.15, 0.2) is 0 Å². The van der Waals surface area contributed by atoms with Crippen molar-refractivity contribution in [2.24, 2.45) is 5.92 Å². The van der Waals surface area contributed by atoms with Crippen LogP contribution in [0.25, 0.3) is 11.1 Å². The Labute approximate surface area is 138 Å². The standard InChI is InChI=1S/C17H17O6P/c18-16(19)9-11(17(20)21)10-24(22)15-8-4-2-6-13(15)12-5-1-3-7-14(12)23-24/h1-8,11,22,24H,9-10H2,(H,18,19)(H,20,21). The second-order valence-corrected chi connectivity index (χ2v) is 8.49. The first-order valence-electron chi connectivity index (χ1n) is 7.45. The summed E-state index contributed by atoms with van der Waals surface area (Å²) in [6.45, 7) is 0. The maximum atomic E-state index is 11.4. The monoisotopic (exact) mass is 348 g/mol. The zero-order valence-corrected chi connectivity index (χ0v) is 13.7. The molecule has 6 nitrogen and oxygen atoms in total. The molecule has 3 rings (SSSR count). The Kier molecular flexibility index (Phi) is 4.26. The van der Waals surface area contributed by atoms with Crippen LogP contribution < -0.4 is 9.83 Å². The Balaban J connectivity index is 2.04. The molecule has 0 saturated carbocycles. The van der Waals surface area contributed by atoms with Gasteiger partial charge in [-0.15, -0.1) is 0 Å². The van der Waals surface area contributed by atoms with Gasteiger partial charge in [0.2, 0.25) is 0 Å². The number of hydrogen-bond acceptors (Lipinski definition) is 4. The van der Waals surface area contributed by atoms with Gasteiger partial charge >= 0.3 is 138 Å². The first kappa shape index (κ1) is 16.4. The first-order valence-corrected chi connectivity index (χ1v) is 9.52. The van der Waals surface area contributed by atoms with Gasteiger partial charge in [-0.1, -0.05) is 0 Å². The van der Waals surface area contributed by atoms with Crippen molar-refractivity contribution in [2.75, 3.05) is 6.16 Å². The third kappa shape index (κ3) is 2.98. The van der Waals surface area contributed by atoms with E-state index in [1.54, 1.807) is 24.3 Å². The summed E-state index contributed by atoms with van der Waals surface area (Å²) in [5.74, 6) is -3.19. The number of benzene rings is 2. The van der Waals surface area contributed by atoms with Gasteiger partial charge in [0, 0.05) is 0 Å². The summed E-state index contributed by atoms with van der Waals surface area (Å²) in [5.41, 5.74) is 1.63. The molecule has 7 heteroatoms. The number of aliphatic carboxylic acids is 2. The van der Waals surface area contributed by atoms with Crippen LogP contribution in [0.3, 0.4) is 0 Å².